The number of rotatable bonds is 1. The van der Waals surface area contributed by atoms with E-state index in [1.807, 2.05) is 18.2 Å². The molecule has 3 nitrogen and oxygen atoms in total. The zero-order valence-electron chi connectivity index (χ0n) is 13.0. The number of fused-ring (bicyclic) bond motifs is 1. The van der Waals surface area contributed by atoms with Crippen LogP contribution in [0, 0.1) is 0 Å². The van der Waals surface area contributed by atoms with Crippen LogP contribution < -0.4 is 4.74 Å². The number of hydrogen-bond acceptors (Lipinski definition) is 3. The summed E-state index contributed by atoms with van der Waals surface area (Å²) in [6, 6.07) is 6.04. The van der Waals surface area contributed by atoms with Crippen molar-refractivity contribution < 1.29 is 9.84 Å². The number of aliphatic hydroxyl groups excluding tert-OH is 1. The fraction of sp³-hybridized carbons (Fsp3) is 0.647. The molecule has 1 saturated heterocycles. The number of aliphatic hydroxyl groups is 1. The number of likely N-dealkylation sites (tertiary alicyclic amines) is 1. The molecule has 0 aromatic heterocycles. The molecular weight excluding hydrogens is 286 g/mol. The Labute approximate surface area is 131 Å². The molecule has 1 fully saturated rings. The van der Waals surface area contributed by atoms with E-state index < -0.39 is 11.7 Å². The minimum absolute atomic E-state index is 0.0428. The Morgan fingerprint density at radius 3 is 2.81 bits per heavy atom. The molecule has 0 spiro atoms. The van der Waals surface area contributed by atoms with Crippen LogP contribution in [0.25, 0.3) is 0 Å². The van der Waals surface area contributed by atoms with E-state index in [1.165, 1.54) is 19.3 Å². The van der Waals surface area contributed by atoms with Crippen LogP contribution >= 0.6 is 11.6 Å². The van der Waals surface area contributed by atoms with Crippen LogP contribution in [-0.2, 0) is 0 Å². The van der Waals surface area contributed by atoms with Crippen molar-refractivity contribution in [2.75, 3.05) is 6.54 Å². The van der Waals surface area contributed by atoms with Crippen molar-refractivity contribution >= 4 is 11.6 Å². The van der Waals surface area contributed by atoms with Gasteiger partial charge in [0.1, 0.15) is 17.5 Å². The van der Waals surface area contributed by atoms with Crippen LogP contribution in [0.2, 0.25) is 5.02 Å². The summed E-state index contributed by atoms with van der Waals surface area (Å²) in [6.45, 7) is 7.37. The molecule has 0 saturated carbocycles. The van der Waals surface area contributed by atoms with Crippen molar-refractivity contribution in [1.82, 2.24) is 4.90 Å². The lowest BCUT2D eigenvalue weighted by molar-refractivity contribution is -0.100. The molecule has 3 unspecified atom stereocenters. The van der Waals surface area contributed by atoms with E-state index in [0.717, 1.165) is 12.1 Å². The highest BCUT2D eigenvalue weighted by atomic mass is 35.5. The molecule has 1 aromatic rings. The van der Waals surface area contributed by atoms with Crippen LogP contribution in [-0.4, -0.2) is 34.2 Å². The Morgan fingerprint density at radius 2 is 2.10 bits per heavy atom. The summed E-state index contributed by atoms with van der Waals surface area (Å²) in [5.41, 5.74) is 0.341. The highest BCUT2D eigenvalue weighted by molar-refractivity contribution is 6.32. The van der Waals surface area contributed by atoms with Gasteiger partial charge < -0.3 is 9.84 Å². The first-order valence-electron chi connectivity index (χ1n) is 7.83. The minimum Gasteiger partial charge on any atom is -0.484 e. The van der Waals surface area contributed by atoms with Crippen molar-refractivity contribution in [2.45, 2.75) is 63.8 Å². The molecule has 1 aromatic carbocycles. The van der Waals surface area contributed by atoms with Gasteiger partial charge in [0.05, 0.1) is 11.1 Å². The van der Waals surface area contributed by atoms with Gasteiger partial charge in [-0.25, -0.2) is 0 Å². The van der Waals surface area contributed by atoms with Crippen LogP contribution in [0.15, 0.2) is 18.2 Å². The maximum absolute atomic E-state index is 11.0. The standard InChI is InChI=1S/C17H24ClNO2/c1-11-7-4-5-10-19(11)16-14(20)12-8-6-9-13(18)15(12)21-17(16,2)3/h6,8-9,11,14,16,20H,4-5,7,10H2,1-3H3. The number of benzene rings is 1. The summed E-state index contributed by atoms with van der Waals surface area (Å²) < 4.78 is 6.20. The van der Waals surface area contributed by atoms with Gasteiger partial charge >= 0.3 is 0 Å². The summed E-state index contributed by atoms with van der Waals surface area (Å²) in [7, 11) is 0. The van der Waals surface area contributed by atoms with Gasteiger partial charge in [-0.2, -0.15) is 0 Å². The quantitative estimate of drug-likeness (QED) is 0.857. The van der Waals surface area contributed by atoms with Crippen molar-refractivity contribution in [3.8, 4) is 5.75 Å². The SMILES string of the molecule is CC1CCCCN1C1C(O)c2cccc(Cl)c2OC1(C)C. The lowest BCUT2D eigenvalue weighted by atomic mass is 9.83. The van der Waals surface area contributed by atoms with Crippen LogP contribution in [0.1, 0.15) is 51.7 Å². The van der Waals surface area contributed by atoms with Crippen LogP contribution in [0.5, 0.6) is 5.75 Å². The highest BCUT2D eigenvalue weighted by Crippen LogP contribution is 2.46. The molecule has 3 rings (SSSR count). The van der Waals surface area contributed by atoms with Gasteiger partial charge in [-0.15, -0.1) is 0 Å². The number of hydrogen-bond donors (Lipinski definition) is 1. The maximum atomic E-state index is 11.0. The third kappa shape index (κ3) is 2.56. The number of para-hydroxylation sites is 1. The maximum Gasteiger partial charge on any atom is 0.144 e. The molecule has 2 aliphatic heterocycles. The minimum atomic E-state index is -0.567. The molecule has 21 heavy (non-hydrogen) atoms. The van der Waals surface area contributed by atoms with Gasteiger partial charge in [-0.3, -0.25) is 4.90 Å². The van der Waals surface area contributed by atoms with Gasteiger partial charge in [0.2, 0.25) is 0 Å². The van der Waals surface area contributed by atoms with Gasteiger partial charge in [0.25, 0.3) is 0 Å². The number of piperidine rings is 1. The molecule has 0 aliphatic carbocycles. The molecule has 3 atom stereocenters. The topological polar surface area (TPSA) is 32.7 Å². The van der Waals surface area contributed by atoms with Crippen LogP contribution in [0.4, 0.5) is 0 Å². The summed E-state index contributed by atoms with van der Waals surface area (Å²) in [4.78, 5) is 2.41. The first kappa shape index (κ1) is 15.1. The van der Waals surface area contributed by atoms with E-state index in [2.05, 4.69) is 25.7 Å². The monoisotopic (exact) mass is 309 g/mol. The largest absolute Gasteiger partial charge is 0.484 e. The molecule has 4 heteroatoms. The van der Waals surface area contributed by atoms with E-state index in [-0.39, 0.29) is 6.04 Å². The predicted octanol–water partition coefficient (Wildman–Crippen LogP) is 3.79. The molecular formula is C17H24ClNO2. The zero-order valence-corrected chi connectivity index (χ0v) is 13.7. The first-order valence-corrected chi connectivity index (χ1v) is 8.21. The second-order valence-electron chi connectivity index (χ2n) is 6.84. The molecule has 2 aliphatic rings. The first-order chi connectivity index (χ1) is 9.92. The van der Waals surface area contributed by atoms with Crippen molar-refractivity contribution in [1.29, 1.82) is 0 Å². The third-order valence-electron chi connectivity index (χ3n) is 4.90. The summed E-state index contributed by atoms with van der Waals surface area (Å²) >= 11 is 6.25. The highest BCUT2D eigenvalue weighted by Gasteiger charge is 2.48. The molecule has 2 heterocycles. The average Bonchev–Trinajstić information content (AvgIpc) is 2.42. The van der Waals surface area contributed by atoms with Crippen molar-refractivity contribution in [2.24, 2.45) is 0 Å². The van der Waals surface area contributed by atoms with Gasteiger partial charge in [-0.05, 0) is 46.2 Å². The summed E-state index contributed by atoms with van der Waals surface area (Å²) in [5, 5.41) is 11.5. The van der Waals surface area contributed by atoms with E-state index in [1.54, 1.807) is 0 Å². The molecule has 0 radical (unpaired) electrons. The average molecular weight is 310 g/mol. The lowest BCUT2D eigenvalue weighted by Crippen LogP contribution is -2.61. The summed E-state index contributed by atoms with van der Waals surface area (Å²) in [5.74, 6) is 0.637. The zero-order chi connectivity index (χ0) is 15.2. The van der Waals surface area contributed by atoms with Crippen molar-refractivity contribution in [3.05, 3.63) is 28.8 Å². The Hall–Kier alpha value is -0.770. The van der Waals surface area contributed by atoms with E-state index >= 15 is 0 Å². The van der Waals surface area contributed by atoms with Gasteiger partial charge in [0.15, 0.2) is 0 Å². The Kier molecular flexibility index (Phi) is 3.93. The predicted molar refractivity (Wildman–Crippen MR) is 84.9 cm³/mol. The third-order valence-corrected chi connectivity index (χ3v) is 5.20. The normalized spacial score (nSPS) is 32.3. The van der Waals surface area contributed by atoms with E-state index in [0.29, 0.717) is 16.8 Å². The molecule has 0 amide bonds. The van der Waals surface area contributed by atoms with Crippen molar-refractivity contribution in [3.63, 3.8) is 0 Å². The Bertz CT molecular complexity index is 532. The number of ether oxygens (including phenoxy) is 1. The lowest BCUT2D eigenvalue weighted by Gasteiger charge is -2.51. The number of nitrogens with zero attached hydrogens (tertiary/aromatic N) is 1. The van der Waals surface area contributed by atoms with E-state index in [9.17, 15) is 5.11 Å². The van der Waals surface area contributed by atoms with Crippen LogP contribution in [0.3, 0.4) is 0 Å². The van der Waals surface area contributed by atoms with E-state index in [4.69, 9.17) is 16.3 Å². The summed E-state index contributed by atoms with van der Waals surface area (Å²) in [6.07, 6.45) is 3.07. The fourth-order valence-electron chi connectivity index (χ4n) is 3.85. The molecule has 116 valence electrons. The fourth-order valence-corrected chi connectivity index (χ4v) is 4.07. The smallest absolute Gasteiger partial charge is 0.144 e. The van der Waals surface area contributed by atoms with Gasteiger partial charge in [0, 0.05) is 11.6 Å². The Morgan fingerprint density at radius 1 is 1.33 bits per heavy atom. The molecule has 1 N–H and O–H groups in total. The number of halogens is 1. The second-order valence-corrected chi connectivity index (χ2v) is 7.24. The molecule has 0 bridgehead atoms. The Balaban J connectivity index is 2.01. The van der Waals surface area contributed by atoms with Gasteiger partial charge in [-0.1, -0.05) is 30.2 Å². The second kappa shape index (κ2) is 5.45.